The maximum Gasteiger partial charge on any atom is 0.0626 e. The molecule has 0 fully saturated rings. The summed E-state index contributed by atoms with van der Waals surface area (Å²) in [4.78, 5) is 0. The van der Waals surface area contributed by atoms with E-state index in [1.165, 1.54) is 0 Å². The molecule has 3 nitrogen and oxygen atoms in total. The van der Waals surface area contributed by atoms with Gasteiger partial charge in [0.25, 0.3) is 0 Å². The summed E-state index contributed by atoms with van der Waals surface area (Å²) in [6.45, 7) is 2.39. The highest BCUT2D eigenvalue weighted by atomic mass is 35.5. The number of hydrogen-bond donors (Lipinski definition) is 3. The van der Waals surface area contributed by atoms with E-state index in [1.54, 1.807) is 11.8 Å². The Labute approximate surface area is 170 Å². The van der Waals surface area contributed by atoms with Crippen molar-refractivity contribution >= 4 is 35.0 Å². The molecule has 2 atom stereocenters. The highest BCUT2D eigenvalue weighted by Gasteiger charge is 2.15. The molecular formula is C20H27Cl2NO2S. The molecule has 0 saturated heterocycles. The third-order valence-electron chi connectivity index (χ3n) is 3.67. The van der Waals surface area contributed by atoms with Crippen LogP contribution in [0.2, 0.25) is 10.0 Å². The van der Waals surface area contributed by atoms with Crippen molar-refractivity contribution in [2.24, 2.45) is 0 Å². The minimum Gasteiger partial charge on any atom is -0.396 e. The van der Waals surface area contributed by atoms with Gasteiger partial charge in [0, 0.05) is 27.6 Å². The van der Waals surface area contributed by atoms with E-state index in [2.05, 4.69) is 12.2 Å². The molecule has 1 unspecified atom stereocenters. The first kappa shape index (κ1) is 23.3. The van der Waals surface area contributed by atoms with Crippen molar-refractivity contribution in [2.75, 3.05) is 24.7 Å². The quantitative estimate of drug-likeness (QED) is 0.514. The van der Waals surface area contributed by atoms with Crippen LogP contribution in [-0.2, 0) is 0 Å². The van der Waals surface area contributed by atoms with Crippen molar-refractivity contribution in [3.8, 4) is 0 Å². The lowest BCUT2D eigenvalue weighted by Gasteiger charge is -2.24. The Morgan fingerprint density at radius 3 is 2.04 bits per heavy atom. The van der Waals surface area contributed by atoms with Crippen molar-refractivity contribution in [1.82, 2.24) is 5.32 Å². The van der Waals surface area contributed by atoms with Crippen LogP contribution in [0, 0.1) is 0 Å². The van der Waals surface area contributed by atoms with E-state index in [0.29, 0.717) is 11.1 Å². The van der Waals surface area contributed by atoms with Crippen molar-refractivity contribution < 1.29 is 10.2 Å². The zero-order chi connectivity index (χ0) is 19.2. The highest BCUT2D eigenvalue weighted by Crippen LogP contribution is 2.18. The zero-order valence-corrected chi connectivity index (χ0v) is 17.3. The molecule has 0 amide bonds. The molecule has 6 heteroatoms. The van der Waals surface area contributed by atoms with E-state index in [9.17, 15) is 5.11 Å². The predicted molar refractivity (Wildman–Crippen MR) is 114 cm³/mol. The Hall–Kier alpha value is -0.750. The third kappa shape index (κ3) is 9.81. The molecule has 0 aliphatic rings. The molecule has 2 aromatic rings. The molecular weight excluding hydrogens is 389 g/mol. The molecule has 0 aliphatic heterocycles. The summed E-state index contributed by atoms with van der Waals surface area (Å²) in [5.41, 5.74) is 1.04. The fourth-order valence-electron chi connectivity index (χ4n) is 2.22. The van der Waals surface area contributed by atoms with Gasteiger partial charge in [-0.3, -0.25) is 0 Å². The molecule has 0 aromatic heterocycles. The first-order valence-electron chi connectivity index (χ1n) is 8.62. The summed E-state index contributed by atoms with van der Waals surface area (Å²) in [6, 6.07) is 17.2. The topological polar surface area (TPSA) is 52.5 Å². The smallest absolute Gasteiger partial charge is 0.0626 e. The molecule has 0 aliphatic carbocycles. The molecule has 0 radical (unpaired) electrons. The molecule has 26 heavy (non-hydrogen) atoms. The Bertz CT molecular complexity index is 584. The minimum absolute atomic E-state index is 0.0583. The van der Waals surface area contributed by atoms with Crippen molar-refractivity contribution in [2.45, 2.75) is 25.4 Å². The zero-order valence-electron chi connectivity index (χ0n) is 14.9. The van der Waals surface area contributed by atoms with Crippen molar-refractivity contribution in [3.05, 3.63) is 70.2 Å². The first-order valence-corrected chi connectivity index (χ1v) is 10.5. The van der Waals surface area contributed by atoms with Crippen LogP contribution >= 0.6 is 35.0 Å². The van der Waals surface area contributed by atoms with Crippen LogP contribution in [0.3, 0.4) is 0 Å². The van der Waals surface area contributed by atoms with E-state index >= 15 is 0 Å². The number of nitrogens with one attached hydrogen (secondary N) is 1. The fraction of sp³-hybridized carbons (Fsp3) is 0.400. The molecule has 2 aromatic carbocycles. The van der Waals surface area contributed by atoms with Crippen LogP contribution in [0.15, 0.2) is 54.6 Å². The van der Waals surface area contributed by atoms with E-state index in [4.69, 9.17) is 28.3 Å². The van der Waals surface area contributed by atoms with Gasteiger partial charge in [-0.1, -0.05) is 60.5 Å². The van der Waals surface area contributed by atoms with Gasteiger partial charge in [0.2, 0.25) is 0 Å². The summed E-state index contributed by atoms with van der Waals surface area (Å²) >= 11 is 13.1. The molecule has 3 N–H and O–H groups in total. The van der Waals surface area contributed by atoms with Gasteiger partial charge in [-0.25, -0.2) is 0 Å². The fourth-order valence-corrected chi connectivity index (χ4v) is 3.41. The number of halogens is 2. The standard InChI is InChI=1S/C14H22ClNO2S.C6H5Cl/c1-2-13(10-19-8-7-17)16-14(9-18)11-3-5-12(15)6-4-11;7-6-4-2-1-3-5-6/h3-6,13-14,16-18H,2,7-10H2,1H3;1-5H/t13-,14?;/m0./s1. The maximum absolute atomic E-state index is 9.52. The Morgan fingerprint density at radius 1 is 0.962 bits per heavy atom. The lowest BCUT2D eigenvalue weighted by Crippen LogP contribution is -2.36. The molecule has 0 spiro atoms. The van der Waals surface area contributed by atoms with Gasteiger partial charge in [0.15, 0.2) is 0 Å². The van der Waals surface area contributed by atoms with Crippen LogP contribution in [0.5, 0.6) is 0 Å². The Morgan fingerprint density at radius 2 is 1.58 bits per heavy atom. The van der Waals surface area contributed by atoms with Crippen LogP contribution in [0.4, 0.5) is 0 Å². The summed E-state index contributed by atoms with van der Waals surface area (Å²) in [5.74, 6) is 1.68. The highest BCUT2D eigenvalue weighted by molar-refractivity contribution is 7.99. The third-order valence-corrected chi connectivity index (χ3v) is 5.29. The maximum atomic E-state index is 9.52. The first-order chi connectivity index (χ1) is 12.6. The van der Waals surface area contributed by atoms with Crippen LogP contribution in [-0.4, -0.2) is 41.0 Å². The van der Waals surface area contributed by atoms with Gasteiger partial charge >= 0.3 is 0 Å². The molecule has 2 rings (SSSR count). The predicted octanol–water partition coefficient (Wildman–Crippen LogP) is 4.81. The van der Waals surface area contributed by atoms with E-state index in [0.717, 1.165) is 28.5 Å². The van der Waals surface area contributed by atoms with Crippen molar-refractivity contribution in [1.29, 1.82) is 0 Å². The number of aliphatic hydroxyl groups is 2. The van der Waals surface area contributed by atoms with Gasteiger partial charge in [-0.2, -0.15) is 11.8 Å². The molecule has 0 saturated carbocycles. The van der Waals surface area contributed by atoms with Gasteiger partial charge < -0.3 is 15.5 Å². The van der Waals surface area contributed by atoms with Crippen LogP contribution in [0.25, 0.3) is 0 Å². The Balaban J connectivity index is 0.000000401. The summed E-state index contributed by atoms with van der Waals surface area (Å²) in [6.07, 6.45) is 0.989. The largest absolute Gasteiger partial charge is 0.396 e. The van der Waals surface area contributed by atoms with E-state index in [1.807, 2.05) is 54.6 Å². The number of aliphatic hydroxyl groups excluding tert-OH is 2. The monoisotopic (exact) mass is 415 g/mol. The number of benzene rings is 2. The van der Waals surface area contributed by atoms with E-state index < -0.39 is 0 Å². The van der Waals surface area contributed by atoms with Gasteiger partial charge in [0.1, 0.15) is 0 Å². The van der Waals surface area contributed by atoms with Gasteiger partial charge in [0.05, 0.1) is 19.3 Å². The molecule has 0 heterocycles. The number of rotatable bonds is 9. The normalized spacial score (nSPS) is 12.8. The minimum atomic E-state index is -0.0723. The average molecular weight is 416 g/mol. The van der Waals surface area contributed by atoms with Crippen LogP contribution < -0.4 is 5.32 Å². The Kier molecular flexibility index (Phi) is 12.8. The SMILES string of the molecule is CC[C@@H](CSCCO)NC(CO)c1ccc(Cl)cc1.Clc1ccccc1. The second-order valence-corrected chi connectivity index (χ2v) is 7.68. The number of hydrogen-bond acceptors (Lipinski definition) is 4. The average Bonchev–Trinajstić information content (AvgIpc) is 2.67. The van der Waals surface area contributed by atoms with E-state index in [-0.39, 0.29) is 19.3 Å². The van der Waals surface area contributed by atoms with Crippen molar-refractivity contribution in [3.63, 3.8) is 0 Å². The second kappa shape index (κ2) is 14.3. The summed E-state index contributed by atoms with van der Waals surface area (Å²) in [5, 5.41) is 23.3. The lowest BCUT2D eigenvalue weighted by atomic mass is 10.1. The van der Waals surface area contributed by atoms with Crippen LogP contribution in [0.1, 0.15) is 24.9 Å². The molecule has 0 bridgehead atoms. The summed E-state index contributed by atoms with van der Waals surface area (Å²) < 4.78 is 0. The second-order valence-electron chi connectivity index (χ2n) is 5.65. The van der Waals surface area contributed by atoms with Gasteiger partial charge in [-0.15, -0.1) is 0 Å². The number of thioether (sulfide) groups is 1. The lowest BCUT2D eigenvalue weighted by molar-refractivity contribution is 0.234. The van der Waals surface area contributed by atoms with Gasteiger partial charge in [-0.05, 0) is 36.2 Å². The molecule has 144 valence electrons. The summed E-state index contributed by atoms with van der Waals surface area (Å²) in [7, 11) is 0.